The van der Waals surface area contributed by atoms with E-state index in [1.807, 2.05) is 65.6 Å². The molecule has 3 nitrogen and oxygen atoms in total. The lowest BCUT2D eigenvalue weighted by molar-refractivity contribution is 1.13. The molecule has 0 aliphatic heterocycles. The summed E-state index contributed by atoms with van der Waals surface area (Å²) in [6.07, 6.45) is 3.53. The van der Waals surface area contributed by atoms with E-state index in [0.29, 0.717) is 0 Å². The van der Waals surface area contributed by atoms with Crippen molar-refractivity contribution in [2.45, 2.75) is 0 Å². The molecule has 0 amide bonds. The normalized spacial score (nSPS) is 10.2. The Bertz CT molecular complexity index is 630. The summed E-state index contributed by atoms with van der Waals surface area (Å²) in [5.74, 6) is 1.63. The summed E-state index contributed by atoms with van der Waals surface area (Å²) in [5.41, 5.74) is 1.70. The number of hydrogen-bond acceptors (Lipinski definition) is 3. The van der Waals surface area contributed by atoms with Gasteiger partial charge >= 0.3 is 0 Å². The number of aromatic nitrogens is 2. The van der Waals surface area contributed by atoms with Gasteiger partial charge in [0.2, 0.25) is 0 Å². The summed E-state index contributed by atoms with van der Waals surface area (Å²) in [4.78, 5) is 10.8. The van der Waals surface area contributed by atoms with Gasteiger partial charge in [-0.2, -0.15) is 0 Å². The fourth-order valence-electron chi connectivity index (χ4n) is 1.98. The van der Waals surface area contributed by atoms with E-state index in [9.17, 15) is 0 Å². The molecule has 0 unspecified atom stereocenters. The third-order valence-electron chi connectivity index (χ3n) is 2.91. The van der Waals surface area contributed by atoms with Gasteiger partial charge in [-0.25, -0.2) is 9.97 Å². The zero-order chi connectivity index (χ0) is 13.8. The van der Waals surface area contributed by atoms with Crippen LogP contribution in [0.25, 0.3) is 0 Å². The Morgan fingerprint density at radius 3 is 1.70 bits per heavy atom. The van der Waals surface area contributed by atoms with Crippen molar-refractivity contribution in [3.05, 3.63) is 73.1 Å². The topological polar surface area (TPSA) is 29.0 Å². The molecule has 2 radical (unpaired) electrons. The van der Waals surface area contributed by atoms with Crippen LogP contribution >= 0.6 is 0 Å². The Kier molecular flexibility index (Phi) is 3.46. The highest BCUT2D eigenvalue weighted by Crippen LogP contribution is 2.30. The number of nitrogens with zero attached hydrogens (tertiary/aromatic N) is 3. The number of benzene rings is 1. The predicted molar refractivity (Wildman–Crippen MR) is 82.1 cm³/mol. The van der Waals surface area contributed by atoms with E-state index in [0.717, 1.165) is 22.8 Å². The minimum absolute atomic E-state index is 0.732. The summed E-state index contributed by atoms with van der Waals surface area (Å²) in [5, 5.41) is 0. The first-order valence-electron chi connectivity index (χ1n) is 6.32. The summed E-state index contributed by atoms with van der Waals surface area (Å²) in [7, 11) is 5.75. The van der Waals surface area contributed by atoms with E-state index in [1.165, 1.54) is 0 Å². The Balaban J connectivity index is 2.11. The average Bonchev–Trinajstić information content (AvgIpc) is 2.52. The lowest BCUT2D eigenvalue weighted by Crippen LogP contribution is -2.13. The Morgan fingerprint density at radius 1 is 0.700 bits per heavy atom. The predicted octanol–water partition coefficient (Wildman–Crippen LogP) is 2.74. The molecule has 2 heterocycles. The molecule has 0 fully saturated rings. The summed E-state index contributed by atoms with van der Waals surface area (Å²) in [6, 6.07) is 19.2. The zero-order valence-corrected chi connectivity index (χ0v) is 10.8. The molecule has 0 saturated carbocycles. The molecular weight excluding hydrogens is 245 g/mol. The monoisotopic (exact) mass is 257 g/mol. The molecule has 0 spiro atoms. The van der Waals surface area contributed by atoms with Crippen LogP contribution in [0.1, 0.15) is 0 Å². The first kappa shape index (κ1) is 12.4. The maximum Gasteiger partial charge on any atom is 0.138 e. The highest BCUT2D eigenvalue weighted by Gasteiger charge is 2.13. The van der Waals surface area contributed by atoms with Crippen LogP contribution in [0.4, 0.5) is 17.3 Å². The molecule has 0 bridgehead atoms. The van der Waals surface area contributed by atoms with E-state index in [2.05, 4.69) is 9.97 Å². The van der Waals surface area contributed by atoms with Gasteiger partial charge in [0.05, 0.1) is 0 Å². The Morgan fingerprint density at radius 2 is 1.25 bits per heavy atom. The van der Waals surface area contributed by atoms with Gasteiger partial charge in [0.15, 0.2) is 0 Å². The lowest BCUT2D eigenvalue weighted by Gasteiger charge is -2.22. The number of hydrogen-bond donors (Lipinski definition) is 0. The summed E-state index contributed by atoms with van der Waals surface area (Å²) in [6.45, 7) is 0. The second-order valence-electron chi connectivity index (χ2n) is 4.30. The van der Waals surface area contributed by atoms with E-state index in [1.54, 1.807) is 12.4 Å². The fourth-order valence-corrected chi connectivity index (χ4v) is 1.98. The zero-order valence-electron chi connectivity index (χ0n) is 10.8. The molecule has 1 aromatic carbocycles. The van der Waals surface area contributed by atoms with Gasteiger partial charge < -0.3 is 0 Å². The molecule has 4 heteroatoms. The quantitative estimate of drug-likeness (QED) is 0.675. The molecule has 2 aromatic heterocycles. The second kappa shape index (κ2) is 5.57. The molecule has 20 heavy (non-hydrogen) atoms. The van der Waals surface area contributed by atoms with Gasteiger partial charge in [0.25, 0.3) is 0 Å². The van der Waals surface area contributed by atoms with Crippen molar-refractivity contribution in [3.8, 4) is 0 Å². The standard InChI is InChI=1S/C16H12BN3/c17-13-7-9-14(10-8-13)20(15-5-1-3-11-18-15)16-6-2-4-12-19-16/h1-12H. The van der Waals surface area contributed by atoms with Crippen LogP contribution < -0.4 is 10.4 Å². The molecule has 0 aliphatic carbocycles. The first-order valence-corrected chi connectivity index (χ1v) is 6.32. The maximum atomic E-state index is 5.75. The minimum Gasteiger partial charge on any atom is -0.279 e. The van der Waals surface area contributed by atoms with Crippen molar-refractivity contribution in [1.29, 1.82) is 0 Å². The van der Waals surface area contributed by atoms with E-state index < -0.39 is 0 Å². The van der Waals surface area contributed by atoms with Gasteiger partial charge in [0, 0.05) is 18.1 Å². The summed E-state index contributed by atoms with van der Waals surface area (Å²) < 4.78 is 0. The number of pyridine rings is 2. The van der Waals surface area contributed by atoms with Crippen LogP contribution in [0, 0.1) is 0 Å². The molecule has 0 N–H and O–H groups in total. The Labute approximate surface area is 119 Å². The van der Waals surface area contributed by atoms with Crippen molar-refractivity contribution < 1.29 is 0 Å². The van der Waals surface area contributed by atoms with Gasteiger partial charge in [0.1, 0.15) is 19.5 Å². The average molecular weight is 257 g/mol. The van der Waals surface area contributed by atoms with E-state index >= 15 is 0 Å². The van der Waals surface area contributed by atoms with Crippen LogP contribution in [-0.2, 0) is 0 Å². The Hall–Kier alpha value is -2.62. The van der Waals surface area contributed by atoms with Crippen molar-refractivity contribution in [3.63, 3.8) is 0 Å². The molecular formula is C16H12BN3. The highest BCUT2D eigenvalue weighted by molar-refractivity contribution is 6.32. The lowest BCUT2D eigenvalue weighted by atomic mass is 9.96. The van der Waals surface area contributed by atoms with Crippen molar-refractivity contribution in [2.75, 3.05) is 4.90 Å². The van der Waals surface area contributed by atoms with Crippen LogP contribution in [0.5, 0.6) is 0 Å². The number of anilines is 3. The molecule has 0 atom stereocenters. The van der Waals surface area contributed by atoms with Crippen LogP contribution in [0.2, 0.25) is 0 Å². The molecule has 0 aliphatic rings. The van der Waals surface area contributed by atoms with Crippen LogP contribution in [-0.4, -0.2) is 17.8 Å². The highest BCUT2D eigenvalue weighted by atomic mass is 15.2. The van der Waals surface area contributed by atoms with Crippen LogP contribution in [0.3, 0.4) is 0 Å². The maximum absolute atomic E-state index is 5.75. The van der Waals surface area contributed by atoms with Crippen molar-refractivity contribution >= 4 is 30.6 Å². The van der Waals surface area contributed by atoms with Gasteiger partial charge in [-0.3, -0.25) is 4.90 Å². The summed E-state index contributed by atoms with van der Waals surface area (Å²) >= 11 is 0. The smallest absolute Gasteiger partial charge is 0.138 e. The molecule has 3 rings (SSSR count). The SMILES string of the molecule is [B]c1ccc(N(c2ccccn2)c2ccccn2)cc1. The molecule has 0 saturated heterocycles. The number of rotatable bonds is 3. The first-order chi connectivity index (χ1) is 9.84. The third-order valence-corrected chi connectivity index (χ3v) is 2.91. The second-order valence-corrected chi connectivity index (χ2v) is 4.30. The van der Waals surface area contributed by atoms with Crippen LogP contribution in [0.15, 0.2) is 73.1 Å². The molecule has 3 aromatic rings. The van der Waals surface area contributed by atoms with E-state index in [-0.39, 0.29) is 0 Å². The van der Waals surface area contributed by atoms with Gasteiger partial charge in [-0.05, 0) is 36.4 Å². The largest absolute Gasteiger partial charge is 0.279 e. The van der Waals surface area contributed by atoms with Gasteiger partial charge in [-0.15, -0.1) is 0 Å². The fraction of sp³-hybridized carbons (Fsp3) is 0. The van der Waals surface area contributed by atoms with Gasteiger partial charge in [-0.1, -0.05) is 29.7 Å². The van der Waals surface area contributed by atoms with Crippen molar-refractivity contribution in [1.82, 2.24) is 9.97 Å². The van der Waals surface area contributed by atoms with Crippen molar-refractivity contribution in [2.24, 2.45) is 0 Å². The minimum atomic E-state index is 0.732. The van der Waals surface area contributed by atoms with E-state index in [4.69, 9.17) is 7.85 Å². The third kappa shape index (κ3) is 2.54. The molecule has 94 valence electrons.